The molecule has 0 aliphatic carbocycles. The molecule has 0 rings (SSSR count). The van der Waals surface area contributed by atoms with E-state index in [4.69, 9.17) is 0 Å². The van der Waals surface area contributed by atoms with Gasteiger partial charge in [0.05, 0.1) is 6.42 Å². The van der Waals surface area contributed by atoms with Crippen molar-refractivity contribution in [1.29, 1.82) is 0 Å². The van der Waals surface area contributed by atoms with Gasteiger partial charge in [-0.05, 0) is 27.2 Å². The predicted molar refractivity (Wildman–Crippen MR) is 63.4 cm³/mol. The Kier molecular flexibility index (Phi) is 6.34. The van der Waals surface area contributed by atoms with Gasteiger partial charge in [-0.25, -0.2) is 9.24 Å². The van der Waals surface area contributed by atoms with Crippen LogP contribution < -0.4 is 0 Å². The lowest BCUT2D eigenvalue weighted by molar-refractivity contribution is -0.171. The van der Waals surface area contributed by atoms with Crippen molar-refractivity contribution in [3.05, 3.63) is 0 Å². The molecule has 0 heterocycles. The molecule has 128 valence electrons. The number of rotatable bonds is 6. The number of alkyl halides is 6. The smallest absolute Gasteiger partial charge is 0.312 e. The van der Waals surface area contributed by atoms with E-state index in [-0.39, 0.29) is 4.67 Å². The Morgan fingerprint density at radius 1 is 1.00 bits per heavy atom. The zero-order chi connectivity index (χ0) is 17.3. The van der Waals surface area contributed by atoms with Crippen LogP contribution in [0.4, 0.5) is 26.3 Å². The second-order valence-corrected chi connectivity index (χ2v) is 6.81. The Morgan fingerprint density at radius 3 is 1.67 bits per heavy atom. The summed E-state index contributed by atoms with van der Waals surface area (Å²) in [7, 11) is -5.16. The van der Waals surface area contributed by atoms with Crippen molar-refractivity contribution in [3.63, 3.8) is 0 Å². The highest BCUT2D eigenvalue weighted by molar-refractivity contribution is 7.49. The summed E-state index contributed by atoms with van der Waals surface area (Å²) in [5, 5.41) is 0. The summed E-state index contributed by atoms with van der Waals surface area (Å²) in [4.78, 5) is 18.4. The van der Waals surface area contributed by atoms with E-state index in [0.717, 1.165) is 6.92 Å². The van der Waals surface area contributed by atoms with Crippen molar-refractivity contribution in [2.75, 3.05) is 0 Å². The molecule has 0 radical (unpaired) electrons. The van der Waals surface area contributed by atoms with Gasteiger partial charge in [-0.3, -0.25) is 0 Å². The average molecular weight is 345 g/mol. The third-order valence-corrected chi connectivity index (χ3v) is 4.36. The first-order valence-electron chi connectivity index (χ1n) is 5.97. The SMILES string of the molecule is CC(C)N(C(C)(CCC(F)(F)F)CC(F)(F)F)P(=O)(O)O. The van der Waals surface area contributed by atoms with Crippen molar-refractivity contribution in [2.24, 2.45) is 0 Å². The second-order valence-electron chi connectivity index (χ2n) is 5.36. The third kappa shape index (κ3) is 7.49. The Hall–Kier alpha value is -0.310. The van der Waals surface area contributed by atoms with Crippen molar-refractivity contribution in [3.8, 4) is 0 Å². The third-order valence-electron chi connectivity index (χ3n) is 2.85. The number of halogens is 6. The first kappa shape index (κ1) is 20.7. The lowest BCUT2D eigenvalue weighted by Gasteiger charge is -2.44. The molecule has 0 saturated heterocycles. The van der Waals surface area contributed by atoms with E-state index in [1.165, 1.54) is 13.8 Å². The summed E-state index contributed by atoms with van der Waals surface area (Å²) in [6.07, 6.45) is -14.0. The van der Waals surface area contributed by atoms with Gasteiger partial charge in [-0.2, -0.15) is 26.3 Å². The lowest BCUT2D eigenvalue weighted by atomic mass is 9.90. The predicted octanol–water partition coefficient (Wildman–Crippen LogP) is 3.84. The molecule has 0 aliphatic rings. The summed E-state index contributed by atoms with van der Waals surface area (Å²) in [6, 6.07) is -1.06. The summed E-state index contributed by atoms with van der Waals surface area (Å²) in [6.45, 7) is 3.20. The Balaban J connectivity index is 5.61. The number of nitrogens with zero attached hydrogens (tertiary/aromatic N) is 1. The normalized spacial score (nSPS) is 17.4. The van der Waals surface area contributed by atoms with Crippen molar-refractivity contribution >= 4 is 7.75 Å². The van der Waals surface area contributed by atoms with Crippen LogP contribution in [0.3, 0.4) is 0 Å². The summed E-state index contributed by atoms with van der Waals surface area (Å²) < 4.78 is 86.3. The van der Waals surface area contributed by atoms with Crippen molar-refractivity contribution < 1.29 is 40.7 Å². The molecular weight excluding hydrogens is 327 g/mol. The molecule has 0 saturated carbocycles. The molecule has 0 spiro atoms. The van der Waals surface area contributed by atoms with Crippen LogP contribution in [0.2, 0.25) is 0 Å². The van der Waals surface area contributed by atoms with Gasteiger partial charge in [0, 0.05) is 18.0 Å². The highest BCUT2D eigenvalue weighted by atomic mass is 31.2. The molecule has 1 unspecified atom stereocenters. The van der Waals surface area contributed by atoms with Gasteiger partial charge in [0.2, 0.25) is 0 Å². The molecule has 0 bridgehead atoms. The van der Waals surface area contributed by atoms with Gasteiger partial charge in [-0.1, -0.05) is 0 Å². The van der Waals surface area contributed by atoms with E-state index < -0.39 is 50.9 Å². The monoisotopic (exact) mass is 345 g/mol. The molecule has 11 heteroatoms. The minimum atomic E-state index is -5.16. The zero-order valence-corrected chi connectivity index (χ0v) is 12.6. The van der Waals surface area contributed by atoms with Crippen LogP contribution in [0.1, 0.15) is 40.0 Å². The number of hydrogen-bond acceptors (Lipinski definition) is 1. The molecular formula is C10H18F6NO3P. The zero-order valence-electron chi connectivity index (χ0n) is 11.7. The van der Waals surface area contributed by atoms with Crippen molar-refractivity contribution in [2.45, 2.75) is 64.0 Å². The Labute approximate surface area is 118 Å². The maximum absolute atomic E-state index is 12.6. The minimum absolute atomic E-state index is 0.208. The van der Waals surface area contributed by atoms with Gasteiger partial charge in [0.15, 0.2) is 0 Å². The standard InChI is InChI=1S/C10H18F6NO3P/c1-7(2)17(21(18,19)20)8(3,6-10(14,15)16)4-5-9(11,12)13/h7H,4-6H2,1-3H3,(H2,18,19,20). The van der Waals surface area contributed by atoms with Gasteiger partial charge in [0.25, 0.3) is 0 Å². The molecule has 0 aromatic heterocycles. The Bertz CT molecular complexity index is 391. The fraction of sp³-hybridized carbons (Fsp3) is 1.00. The maximum atomic E-state index is 12.6. The van der Waals surface area contributed by atoms with E-state index in [9.17, 15) is 40.7 Å². The summed E-state index contributed by atoms with van der Waals surface area (Å²) in [5.74, 6) is 0. The fourth-order valence-corrected chi connectivity index (χ4v) is 3.77. The van der Waals surface area contributed by atoms with Crippen LogP contribution >= 0.6 is 7.75 Å². The molecule has 0 aromatic rings. The van der Waals surface area contributed by atoms with Crippen LogP contribution in [-0.2, 0) is 4.57 Å². The largest absolute Gasteiger partial charge is 0.403 e. The first-order chi connectivity index (χ1) is 8.98. The molecule has 0 aliphatic heterocycles. The quantitative estimate of drug-likeness (QED) is 0.567. The van der Waals surface area contributed by atoms with Crippen LogP contribution in [0.5, 0.6) is 0 Å². The van der Waals surface area contributed by atoms with Crippen LogP contribution in [0, 0.1) is 0 Å². The van der Waals surface area contributed by atoms with E-state index in [2.05, 4.69) is 0 Å². The van der Waals surface area contributed by atoms with Gasteiger partial charge < -0.3 is 9.79 Å². The Morgan fingerprint density at radius 2 is 1.43 bits per heavy atom. The maximum Gasteiger partial charge on any atom is 0.403 e. The van der Waals surface area contributed by atoms with E-state index >= 15 is 0 Å². The fourth-order valence-electron chi connectivity index (χ4n) is 2.37. The highest BCUT2D eigenvalue weighted by Gasteiger charge is 2.50. The summed E-state index contributed by atoms with van der Waals surface area (Å²) >= 11 is 0. The van der Waals surface area contributed by atoms with Crippen molar-refractivity contribution in [1.82, 2.24) is 4.67 Å². The van der Waals surface area contributed by atoms with E-state index in [1.54, 1.807) is 0 Å². The molecule has 0 amide bonds. The molecule has 2 N–H and O–H groups in total. The van der Waals surface area contributed by atoms with Gasteiger partial charge >= 0.3 is 20.1 Å². The lowest BCUT2D eigenvalue weighted by Crippen LogP contribution is -2.50. The van der Waals surface area contributed by atoms with Gasteiger partial charge in [0.1, 0.15) is 0 Å². The molecule has 4 nitrogen and oxygen atoms in total. The molecule has 1 atom stereocenters. The molecule has 21 heavy (non-hydrogen) atoms. The highest BCUT2D eigenvalue weighted by Crippen LogP contribution is 2.52. The topological polar surface area (TPSA) is 60.8 Å². The first-order valence-corrected chi connectivity index (χ1v) is 7.53. The van der Waals surface area contributed by atoms with E-state index in [1.807, 2.05) is 0 Å². The molecule has 0 aromatic carbocycles. The molecule has 0 fully saturated rings. The second kappa shape index (κ2) is 6.44. The van der Waals surface area contributed by atoms with E-state index in [0.29, 0.717) is 0 Å². The van der Waals surface area contributed by atoms with Crippen LogP contribution in [0.25, 0.3) is 0 Å². The van der Waals surface area contributed by atoms with Gasteiger partial charge in [-0.15, -0.1) is 0 Å². The summed E-state index contributed by atoms with van der Waals surface area (Å²) in [5.41, 5.74) is -2.36. The van der Waals surface area contributed by atoms with Crippen LogP contribution in [0.15, 0.2) is 0 Å². The number of hydrogen-bond donors (Lipinski definition) is 2. The minimum Gasteiger partial charge on any atom is -0.312 e. The average Bonchev–Trinajstić information content (AvgIpc) is 2.06. The van der Waals surface area contributed by atoms with Crippen LogP contribution in [-0.4, -0.2) is 38.4 Å².